The summed E-state index contributed by atoms with van der Waals surface area (Å²) < 4.78 is 10.0. The Morgan fingerprint density at radius 3 is 2.65 bits per heavy atom. The highest BCUT2D eigenvalue weighted by molar-refractivity contribution is 6.36. The Hall–Kier alpha value is -1.13. The minimum absolute atomic E-state index is 0.117. The average molecular weight is 279 g/mol. The molecule has 94 valence electrons. The van der Waals surface area contributed by atoms with E-state index in [4.69, 9.17) is 32.7 Å². The molecule has 1 atom stereocenters. The molecule has 0 saturated heterocycles. The Bertz CT molecular complexity index is 420. The number of halogens is 2. The van der Waals surface area contributed by atoms with Crippen molar-refractivity contribution < 1.29 is 19.4 Å². The van der Waals surface area contributed by atoms with E-state index in [1.165, 1.54) is 19.1 Å². The molecule has 0 aliphatic carbocycles. The van der Waals surface area contributed by atoms with Crippen molar-refractivity contribution in [1.29, 1.82) is 0 Å². The molecule has 1 rings (SSSR count). The molecule has 0 aliphatic heterocycles. The molecule has 0 bridgehead atoms. The molecular formula is C11H12Cl2O4. The number of hydrogen-bond acceptors (Lipinski definition) is 4. The predicted octanol–water partition coefficient (Wildman–Crippen LogP) is 3.03. The third-order valence-electron chi connectivity index (χ3n) is 1.92. The Morgan fingerprint density at radius 1 is 1.41 bits per heavy atom. The molecule has 0 heterocycles. The van der Waals surface area contributed by atoms with Gasteiger partial charge in [0, 0.05) is 6.07 Å². The van der Waals surface area contributed by atoms with E-state index in [0.717, 1.165) is 0 Å². The number of hydrogen-bond donors (Lipinski definition) is 1. The van der Waals surface area contributed by atoms with E-state index >= 15 is 0 Å². The average Bonchev–Trinajstić information content (AvgIpc) is 2.26. The highest BCUT2D eigenvalue weighted by atomic mass is 35.5. The monoisotopic (exact) mass is 278 g/mol. The van der Waals surface area contributed by atoms with Gasteiger partial charge in [0.25, 0.3) is 0 Å². The third kappa shape index (κ3) is 3.68. The molecule has 0 saturated carbocycles. The smallest absolute Gasteiger partial charge is 0.347 e. The lowest BCUT2D eigenvalue weighted by atomic mass is 10.3. The number of benzene rings is 1. The topological polar surface area (TPSA) is 55.8 Å². The minimum Gasteiger partial charge on any atom is -0.506 e. The van der Waals surface area contributed by atoms with Gasteiger partial charge < -0.3 is 14.6 Å². The first-order chi connectivity index (χ1) is 7.95. The van der Waals surface area contributed by atoms with Crippen LogP contribution in [-0.4, -0.2) is 23.8 Å². The van der Waals surface area contributed by atoms with Crippen molar-refractivity contribution in [2.75, 3.05) is 6.61 Å². The van der Waals surface area contributed by atoms with Crippen LogP contribution in [0.25, 0.3) is 0 Å². The maximum Gasteiger partial charge on any atom is 0.347 e. The van der Waals surface area contributed by atoms with Crippen molar-refractivity contribution in [3.63, 3.8) is 0 Å². The van der Waals surface area contributed by atoms with Crippen LogP contribution in [-0.2, 0) is 9.53 Å². The Balaban J connectivity index is 2.81. The molecule has 0 aromatic heterocycles. The highest BCUT2D eigenvalue weighted by Crippen LogP contribution is 2.35. The number of rotatable bonds is 4. The molecule has 0 spiro atoms. The number of ether oxygens (including phenoxy) is 2. The van der Waals surface area contributed by atoms with E-state index < -0.39 is 12.1 Å². The highest BCUT2D eigenvalue weighted by Gasteiger charge is 2.18. The first-order valence-electron chi connectivity index (χ1n) is 4.97. The third-order valence-corrected chi connectivity index (χ3v) is 2.52. The number of esters is 1. The van der Waals surface area contributed by atoms with Crippen LogP contribution in [0.1, 0.15) is 13.8 Å². The number of carbonyl (C=O) groups excluding carboxylic acids is 1. The summed E-state index contributed by atoms with van der Waals surface area (Å²) in [5.41, 5.74) is 0. The van der Waals surface area contributed by atoms with Crippen LogP contribution in [0, 0.1) is 0 Å². The fraction of sp³-hybridized carbons (Fsp3) is 0.364. The number of phenols is 1. The number of aromatic hydroxyl groups is 1. The van der Waals surface area contributed by atoms with Gasteiger partial charge in [0.1, 0.15) is 11.5 Å². The SMILES string of the molecule is CCOC(=O)C(C)Oc1cc(O)c(Cl)cc1Cl. The fourth-order valence-corrected chi connectivity index (χ4v) is 1.53. The largest absolute Gasteiger partial charge is 0.506 e. The van der Waals surface area contributed by atoms with Gasteiger partial charge in [-0.3, -0.25) is 0 Å². The van der Waals surface area contributed by atoms with E-state index in [-0.39, 0.29) is 28.2 Å². The summed E-state index contributed by atoms with van der Waals surface area (Å²) >= 11 is 11.5. The first-order valence-corrected chi connectivity index (χ1v) is 5.72. The Morgan fingerprint density at radius 2 is 2.06 bits per heavy atom. The maximum atomic E-state index is 11.3. The standard InChI is InChI=1S/C11H12Cl2O4/c1-3-16-11(15)6(2)17-10-5-9(14)7(12)4-8(10)13/h4-6,14H,3H2,1-2H3. The molecule has 0 fully saturated rings. The van der Waals surface area contributed by atoms with Crippen LogP contribution < -0.4 is 4.74 Å². The van der Waals surface area contributed by atoms with Crippen molar-refractivity contribution in [2.45, 2.75) is 20.0 Å². The molecule has 6 heteroatoms. The molecule has 4 nitrogen and oxygen atoms in total. The van der Waals surface area contributed by atoms with E-state index in [1.54, 1.807) is 6.92 Å². The van der Waals surface area contributed by atoms with Crippen molar-refractivity contribution in [2.24, 2.45) is 0 Å². The molecule has 1 N–H and O–H groups in total. The summed E-state index contributed by atoms with van der Waals surface area (Å²) in [4.78, 5) is 11.3. The van der Waals surface area contributed by atoms with Gasteiger partial charge >= 0.3 is 5.97 Å². The second kappa shape index (κ2) is 5.98. The van der Waals surface area contributed by atoms with Crippen LogP contribution in [0.4, 0.5) is 0 Å². The summed E-state index contributed by atoms with van der Waals surface area (Å²) in [6, 6.07) is 2.59. The Labute approximate surface area is 109 Å². The first kappa shape index (κ1) is 13.9. The Kier molecular flexibility index (Phi) is 4.90. The van der Waals surface area contributed by atoms with Crippen LogP contribution in [0.2, 0.25) is 10.0 Å². The predicted molar refractivity (Wildman–Crippen MR) is 64.8 cm³/mol. The lowest BCUT2D eigenvalue weighted by molar-refractivity contribution is -0.150. The van der Waals surface area contributed by atoms with Gasteiger partial charge in [-0.2, -0.15) is 0 Å². The fourth-order valence-electron chi connectivity index (χ4n) is 1.11. The molecule has 1 aromatic carbocycles. The molecule has 1 aromatic rings. The van der Waals surface area contributed by atoms with Crippen molar-refractivity contribution in [3.8, 4) is 11.5 Å². The van der Waals surface area contributed by atoms with Gasteiger partial charge in [0.2, 0.25) is 0 Å². The summed E-state index contributed by atoms with van der Waals surface area (Å²) in [7, 11) is 0. The quantitative estimate of drug-likeness (QED) is 0.861. The lowest BCUT2D eigenvalue weighted by Gasteiger charge is -2.14. The van der Waals surface area contributed by atoms with Gasteiger partial charge in [-0.15, -0.1) is 0 Å². The minimum atomic E-state index is -0.812. The van der Waals surface area contributed by atoms with Gasteiger partial charge in [0.15, 0.2) is 6.10 Å². The second-order valence-corrected chi connectivity index (χ2v) is 4.06. The number of carbonyl (C=O) groups is 1. The van der Waals surface area contributed by atoms with Crippen molar-refractivity contribution in [1.82, 2.24) is 0 Å². The molecular weight excluding hydrogens is 267 g/mol. The molecule has 0 amide bonds. The van der Waals surface area contributed by atoms with E-state index in [1.807, 2.05) is 0 Å². The molecule has 17 heavy (non-hydrogen) atoms. The van der Waals surface area contributed by atoms with E-state index in [2.05, 4.69) is 0 Å². The normalized spacial score (nSPS) is 12.0. The summed E-state index contributed by atoms with van der Waals surface area (Å²) in [5.74, 6) is -0.491. The molecule has 0 aliphatic rings. The molecule has 1 unspecified atom stereocenters. The van der Waals surface area contributed by atoms with Crippen molar-refractivity contribution >= 4 is 29.2 Å². The zero-order valence-corrected chi connectivity index (χ0v) is 10.9. The summed E-state index contributed by atoms with van der Waals surface area (Å²) in [5, 5.41) is 9.72. The lowest BCUT2D eigenvalue weighted by Crippen LogP contribution is -2.26. The van der Waals surface area contributed by atoms with E-state index in [0.29, 0.717) is 0 Å². The summed E-state index contributed by atoms with van der Waals surface area (Å²) in [6.45, 7) is 3.50. The van der Waals surface area contributed by atoms with Crippen LogP contribution in [0.5, 0.6) is 11.5 Å². The zero-order chi connectivity index (χ0) is 13.0. The van der Waals surface area contributed by atoms with Gasteiger partial charge in [0.05, 0.1) is 16.7 Å². The van der Waals surface area contributed by atoms with Crippen LogP contribution in [0.15, 0.2) is 12.1 Å². The van der Waals surface area contributed by atoms with Gasteiger partial charge in [-0.05, 0) is 19.9 Å². The second-order valence-electron chi connectivity index (χ2n) is 3.25. The van der Waals surface area contributed by atoms with Crippen LogP contribution >= 0.6 is 23.2 Å². The number of phenolic OH excluding ortho intramolecular Hbond substituents is 1. The van der Waals surface area contributed by atoms with Gasteiger partial charge in [-0.1, -0.05) is 23.2 Å². The summed E-state index contributed by atoms with van der Waals surface area (Å²) in [6.07, 6.45) is -0.812. The van der Waals surface area contributed by atoms with Crippen LogP contribution in [0.3, 0.4) is 0 Å². The van der Waals surface area contributed by atoms with Crippen molar-refractivity contribution in [3.05, 3.63) is 22.2 Å². The zero-order valence-electron chi connectivity index (χ0n) is 9.37. The molecule has 0 radical (unpaired) electrons. The van der Waals surface area contributed by atoms with E-state index in [9.17, 15) is 9.90 Å². The maximum absolute atomic E-state index is 11.3. The van der Waals surface area contributed by atoms with Gasteiger partial charge in [-0.25, -0.2) is 4.79 Å².